The lowest BCUT2D eigenvalue weighted by molar-refractivity contribution is 0.854. The first kappa shape index (κ1) is 11.5. The van der Waals surface area contributed by atoms with Crippen LogP contribution in [0.3, 0.4) is 0 Å². The standard InChI is InChI=1S/C13H9Cl2N3/c14-5-9-6-16-13(18-8-10(15)7-17-18)12-4-2-1-3-11(9)12/h1-4,6-8H,5H2. The van der Waals surface area contributed by atoms with Gasteiger partial charge in [-0.2, -0.15) is 5.10 Å². The van der Waals surface area contributed by atoms with Gasteiger partial charge >= 0.3 is 0 Å². The van der Waals surface area contributed by atoms with Crippen molar-refractivity contribution >= 4 is 34.0 Å². The van der Waals surface area contributed by atoms with Crippen molar-refractivity contribution in [3.63, 3.8) is 0 Å². The van der Waals surface area contributed by atoms with Crippen LogP contribution in [0.4, 0.5) is 0 Å². The molecule has 0 aliphatic heterocycles. The van der Waals surface area contributed by atoms with Crippen molar-refractivity contribution in [3.8, 4) is 5.82 Å². The van der Waals surface area contributed by atoms with Gasteiger partial charge in [0.2, 0.25) is 0 Å². The van der Waals surface area contributed by atoms with Gasteiger partial charge in [0.25, 0.3) is 0 Å². The Kier molecular flexibility index (Phi) is 2.94. The second kappa shape index (κ2) is 4.59. The first-order valence-corrected chi connectivity index (χ1v) is 6.34. The van der Waals surface area contributed by atoms with E-state index in [2.05, 4.69) is 10.1 Å². The molecule has 0 radical (unpaired) electrons. The van der Waals surface area contributed by atoms with Gasteiger partial charge in [0.1, 0.15) is 0 Å². The Morgan fingerprint density at radius 3 is 2.56 bits per heavy atom. The maximum atomic E-state index is 5.92. The Labute approximate surface area is 114 Å². The zero-order valence-electron chi connectivity index (χ0n) is 9.35. The Morgan fingerprint density at radius 2 is 1.89 bits per heavy atom. The third-order valence-corrected chi connectivity index (χ3v) is 3.25. The summed E-state index contributed by atoms with van der Waals surface area (Å²) in [5, 5.41) is 6.86. The lowest BCUT2D eigenvalue weighted by Gasteiger charge is -2.08. The van der Waals surface area contributed by atoms with Gasteiger partial charge in [-0.05, 0) is 10.9 Å². The third kappa shape index (κ3) is 1.85. The van der Waals surface area contributed by atoms with Crippen LogP contribution in [-0.4, -0.2) is 14.8 Å². The van der Waals surface area contributed by atoms with E-state index in [1.165, 1.54) is 0 Å². The van der Waals surface area contributed by atoms with Gasteiger partial charge in [-0.15, -0.1) is 11.6 Å². The highest BCUT2D eigenvalue weighted by molar-refractivity contribution is 6.30. The number of nitrogens with zero attached hydrogens (tertiary/aromatic N) is 3. The molecule has 0 saturated carbocycles. The van der Waals surface area contributed by atoms with Gasteiger partial charge in [-0.3, -0.25) is 0 Å². The molecule has 90 valence electrons. The molecule has 2 aromatic heterocycles. The van der Waals surface area contributed by atoms with Crippen molar-refractivity contribution in [1.29, 1.82) is 0 Å². The first-order valence-electron chi connectivity index (χ1n) is 5.42. The Morgan fingerprint density at radius 1 is 1.11 bits per heavy atom. The fraction of sp³-hybridized carbons (Fsp3) is 0.0769. The molecule has 0 atom stereocenters. The number of hydrogen-bond donors (Lipinski definition) is 0. The molecule has 3 rings (SSSR count). The summed E-state index contributed by atoms with van der Waals surface area (Å²) < 4.78 is 1.67. The summed E-state index contributed by atoms with van der Waals surface area (Å²) in [7, 11) is 0. The van der Waals surface area contributed by atoms with Crippen molar-refractivity contribution in [2.45, 2.75) is 5.88 Å². The van der Waals surface area contributed by atoms with Gasteiger partial charge in [0, 0.05) is 17.5 Å². The third-order valence-electron chi connectivity index (χ3n) is 2.77. The fourth-order valence-electron chi connectivity index (χ4n) is 1.94. The van der Waals surface area contributed by atoms with Crippen LogP contribution in [0.25, 0.3) is 16.6 Å². The van der Waals surface area contributed by atoms with Crippen LogP contribution in [-0.2, 0) is 5.88 Å². The largest absolute Gasteiger partial charge is 0.236 e. The second-order valence-electron chi connectivity index (χ2n) is 3.89. The van der Waals surface area contributed by atoms with Crippen molar-refractivity contribution in [1.82, 2.24) is 14.8 Å². The van der Waals surface area contributed by atoms with Crippen LogP contribution >= 0.6 is 23.2 Å². The van der Waals surface area contributed by atoms with Crippen LogP contribution in [0.1, 0.15) is 5.56 Å². The molecular formula is C13H9Cl2N3. The van der Waals surface area contributed by atoms with Crippen molar-refractivity contribution < 1.29 is 0 Å². The normalized spacial score (nSPS) is 11.0. The molecule has 1 aromatic carbocycles. The van der Waals surface area contributed by atoms with E-state index in [4.69, 9.17) is 23.2 Å². The molecule has 0 bridgehead atoms. The molecule has 0 fully saturated rings. The zero-order chi connectivity index (χ0) is 12.5. The van der Waals surface area contributed by atoms with Gasteiger partial charge in [-0.25, -0.2) is 9.67 Å². The van der Waals surface area contributed by atoms with Crippen LogP contribution in [0.15, 0.2) is 42.9 Å². The quantitative estimate of drug-likeness (QED) is 0.667. The van der Waals surface area contributed by atoms with E-state index in [-0.39, 0.29) is 0 Å². The summed E-state index contributed by atoms with van der Waals surface area (Å²) in [6.45, 7) is 0. The van der Waals surface area contributed by atoms with E-state index >= 15 is 0 Å². The van der Waals surface area contributed by atoms with E-state index < -0.39 is 0 Å². The molecular weight excluding hydrogens is 269 g/mol. The smallest absolute Gasteiger partial charge is 0.161 e. The molecule has 5 heteroatoms. The van der Waals surface area contributed by atoms with E-state index in [9.17, 15) is 0 Å². The number of halogens is 2. The molecule has 3 nitrogen and oxygen atoms in total. The van der Waals surface area contributed by atoms with Crippen molar-refractivity contribution in [3.05, 3.63) is 53.4 Å². The van der Waals surface area contributed by atoms with Gasteiger partial charge in [-0.1, -0.05) is 35.9 Å². The highest BCUT2D eigenvalue weighted by Crippen LogP contribution is 2.24. The summed E-state index contributed by atoms with van der Waals surface area (Å²) in [6.07, 6.45) is 5.10. The number of rotatable bonds is 2. The van der Waals surface area contributed by atoms with E-state index in [1.54, 1.807) is 23.3 Å². The Balaban J connectivity index is 2.31. The summed E-state index contributed by atoms with van der Waals surface area (Å²) in [5.41, 5.74) is 1.01. The van der Waals surface area contributed by atoms with E-state index in [0.29, 0.717) is 10.9 Å². The summed E-state index contributed by atoms with van der Waals surface area (Å²) in [4.78, 5) is 4.42. The minimum atomic E-state index is 0.438. The van der Waals surface area contributed by atoms with E-state index in [1.807, 2.05) is 24.3 Å². The molecule has 0 N–H and O–H groups in total. The molecule has 3 aromatic rings. The molecule has 0 aliphatic carbocycles. The number of pyridine rings is 1. The van der Waals surface area contributed by atoms with Crippen molar-refractivity contribution in [2.75, 3.05) is 0 Å². The number of benzene rings is 1. The minimum Gasteiger partial charge on any atom is -0.236 e. The van der Waals surface area contributed by atoms with Crippen LogP contribution in [0.2, 0.25) is 5.02 Å². The van der Waals surface area contributed by atoms with Gasteiger partial charge < -0.3 is 0 Å². The fourth-order valence-corrected chi connectivity index (χ4v) is 2.29. The SMILES string of the molecule is ClCc1cnc(-n2cc(Cl)cn2)c2ccccc12. The number of aromatic nitrogens is 3. The zero-order valence-corrected chi connectivity index (χ0v) is 10.9. The average molecular weight is 278 g/mol. The number of hydrogen-bond acceptors (Lipinski definition) is 2. The van der Waals surface area contributed by atoms with Crippen LogP contribution in [0, 0.1) is 0 Å². The summed E-state index contributed by atoms with van der Waals surface area (Å²) in [6, 6.07) is 7.99. The van der Waals surface area contributed by atoms with Crippen molar-refractivity contribution in [2.24, 2.45) is 0 Å². The summed E-state index contributed by atoms with van der Waals surface area (Å²) >= 11 is 11.8. The highest BCUT2D eigenvalue weighted by atomic mass is 35.5. The number of fused-ring (bicyclic) bond motifs is 1. The Bertz CT molecular complexity index is 706. The molecule has 2 heterocycles. The monoisotopic (exact) mass is 277 g/mol. The highest BCUT2D eigenvalue weighted by Gasteiger charge is 2.09. The maximum absolute atomic E-state index is 5.92. The van der Waals surface area contributed by atoms with Crippen LogP contribution in [0.5, 0.6) is 0 Å². The second-order valence-corrected chi connectivity index (χ2v) is 4.59. The molecule has 0 unspecified atom stereocenters. The summed E-state index contributed by atoms with van der Waals surface area (Å²) in [5.74, 6) is 1.19. The molecule has 0 spiro atoms. The molecule has 0 saturated heterocycles. The average Bonchev–Trinajstić information content (AvgIpc) is 2.84. The molecule has 18 heavy (non-hydrogen) atoms. The lowest BCUT2D eigenvalue weighted by atomic mass is 10.1. The van der Waals surface area contributed by atoms with Crippen LogP contribution < -0.4 is 0 Å². The van der Waals surface area contributed by atoms with Gasteiger partial charge in [0.15, 0.2) is 5.82 Å². The predicted molar refractivity (Wildman–Crippen MR) is 73.4 cm³/mol. The topological polar surface area (TPSA) is 30.7 Å². The lowest BCUT2D eigenvalue weighted by Crippen LogP contribution is -2.00. The minimum absolute atomic E-state index is 0.438. The van der Waals surface area contributed by atoms with Gasteiger partial charge in [0.05, 0.1) is 17.4 Å². The number of alkyl halides is 1. The predicted octanol–water partition coefficient (Wildman–Crippen LogP) is 3.81. The molecule has 0 amide bonds. The Hall–Kier alpha value is -1.58. The maximum Gasteiger partial charge on any atom is 0.161 e. The molecule has 0 aliphatic rings. The van der Waals surface area contributed by atoms with E-state index in [0.717, 1.165) is 22.2 Å². The first-order chi connectivity index (χ1) is 8.79.